The Bertz CT molecular complexity index is 1160. The van der Waals surface area contributed by atoms with Gasteiger partial charge in [0.15, 0.2) is 11.5 Å². The number of ether oxygens (including phenoxy) is 1. The van der Waals surface area contributed by atoms with E-state index in [-0.39, 0.29) is 18.1 Å². The highest BCUT2D eigenvalue weighted by Gasteiger charge is 2.14. The minimum absolute atomic E-state index is 0.101. The van der Waals surface area contributed by atoms with Crippen LogP contribution < -0.4 is 15.4 Å². The Morgan fingerprint density at radius 2 is 1.94 bits per heavy atom. The number of nitrogens with zero attached hydrogens (tertiary/aromatic N) is 2. The number of hydrogen-bond acceptors (Lipinski definition) is 7. The number of aromatic nitrogens is 2. The molecule has 4 rings (SSSR count). The lowest BCUT2D eigenvalue weighted by molar-refractivity contribution is -0.115. The minimum atomic E-state index is -0.499. The Kier molecular flexibility index (Phi) is 6.34. The van der Waals surface area contributed by atoms with Gasteiger partial charge in [-0.25, -0.2) is 4.98 Å². The summed E-state index contributed by atoms with van der Waals surface area (Å²) in [6.07, 6.45) is 0. The summed E-state index contributed by atoms with van der Waals surface area (Å²) in [5, 5.41) is 10.9. The fraction of sp³-hybridized carbons (Fsp3) is 0.0909. The van der Waals surface area contributed by atoms with Crippen LogP contribution in [-0.2, 0) is 11.4 Å². The quantitative estimate of drug-likeness (QED) is 0.438. The number of nitrogens with one attached hydrogen (secondary N) is 2. The highest BCUT2D eigenvalue weighted by Crippen LogP contribution is 2.20. The summed E-state index contributed by atoms with van der Waals surface area (Å²) in [6.45, 7) is 0.135. The minimum Gasteiger partial charge on any atom is -0.487 e. The van der Waals surface area contributed by atoms with Crippen LogP contribution >= 0.6 is 11.3 Å². The van der Waals surface area contributed by atoms with Gasteiger partial charge < -0.3 is 19.9 Å². The number of hydrogen-bond donors (Lipinski definition) is 2. The van der Waals surface area contributed by atoms with Crippen molar-refractivity contribution in [2.75, 3.05) is 11.9 Å². The summed E-state index contributed by atoms with van der Waals surface area (Å²) in [5.74, 6) is 0.203. The molecule has 31 heavy (non-hydrogen) atoms. The molecule has 0 aliphatic carbocycles. The van der Waals surface area contributed by atoms with Crippen molar-refractivity contribution in [2.24, 2.45) is 0 Å². The van der Waals surface area contributed by atoms with Crippen LogP contribution in [0.3, 0.4) is 0 Å². The zero-order valence-electron chi connectivity index (χ0n) is 16.3. The molecule has 2 heterocycles. The van der Waals surface area contributed by atoms with Gasteiger partial charge in [-0.05, 0) is 12.1 Å². The van der Waals surface area contributed by atoms with Crippen LogP contribution in [0.25, 0.3) is 11.3 Å². The fourth-order valence-corrected chi connectivity index (χ4v) is 3.25. The van der Waals surface area contributed by atoms with Crippen LogP contribution in [0.15, 0.2) is 76.1 Å². The molecule has 0 saturated carbocycles. The highest BCUT2D eigenvalue weighted by molar-refractivity contribution is 7.07. The van der Waals surface area contributed by atoms with Gasteiger partial charge in [0.05, 0.1) is 17.7 Å². The molecule has 0 bridgehead atoms. The van der Waals surface area contributed by atoms with E-state index in [1.54, 1.807) is 29.8 Å². The predicted molar refractivity (Wildman–Crippen MR) is 116 cm³/mol. The van der Waals surface area contributed by atoms with Crippen LogP contribution in [-0.4, -0.2) is 28.5 Å². The number of amides is 2. The summed E-state index contributed by atoms with van der Waals surface area (Å²) in [5.41, 5.74) is 4.05. The van der Waals surface area contributed by atoms with E-state index in [9.17, 15) is 9.59 Å². The van der Waals surface area contributed by atoms with Gasteiger partial charge in [-0.3, -0.25) is 9.59 Å². The maximum absolute atomic E-state index is 12.3. The van der Waals surface area contributed by atoms with Gasteiger partial charge in [-0.1, -0.05) is 41.6 Å². The van der Waals surface area contributed by atoms with Gasteiger partial charge in [0.2, 0.25) is 5.91 Å². The van der Waals surface area contributed by atoms with E-state index in [0.29, 0.717) is 23.8 Å². The lowest BCUT2D eigenvalue weighted by atomic mass is 10.1. The third-order valence-corrected chi connectivity index (χ3v) is 4.83. The van der Waals surface area contributed by atoms with Crippen LogP contribution in [0, 0.1) is 0 Å². The third kappa shape index (κ3) is 5.55. The standard InChI is InChI=1S/C22H18N4O4S/c27-21(25-16-7-4-8-18(9-16)29-12-17-13-31-14-24-17)11-23-22(28)19-10-20(30-26-19)15-5-2-1-3-6-15/h1-10,13-14H,11-12H2,(H,23,28)(H,25,27). The van der Waals surface area contributed by atoms with Crippen molar-refractivity contribution in [3.05, 3.63) is 82.9 Å². The topological polar surface area (TPSA) is 106 Å². The molecule has 9 heteroatoms. The van der Waals surface area contributed by atoms with Crippen molar-refractivity contribution in [2.45, 2.75) is 6.61 Å². The molecule has 0 spiro atoms. The zero-order valence-corrected chi connectivity index (χ0v) is 17.1. The molecule has 0 unspecified atom stereocenters. The second-order valence-electron chi connectivity index (χ2n) is 6.47. The Morgan fingerprint density at radius 1 is 1.06 bits per heavy atom. The van der Waals surface area contributed by atoms with Crippen molar-refractivity contribution in [3.8, 4) is 17.1 Å². The first-order valence-electron chi connectivity index (χ1n) is 9.37. The van der Waals surface area contributed by atoms with Crippen molar-refractivity contribution in [1.29, 1.82) is 0 Å². The Hall–Kier alpha value is -3.98. The Morgan fingerprint density at radius 3 is 2.74 bits per heavy atom. The summed E-state index contributed by atoms with van der Waals surface area (Å²) in [4.78, 5) is 28.6. The summed E-state index contributed by atoms with van der Waals surface area (Å²) >= 11 is 1.50. The molecular weight excluding hydrogens is 416 g/mol. The number of carbonyl (C=O) groups excluding carboxylic acids is 2. The largest absolute Gasteiger partial charge is 0.487 e. The molecule has 8 nitrogen and oxygen atoms in total. The molecule has 156 valence electrons. The first-order valence-corrected chi connectivity index (χ1v) is 10.3. The first-order chi connectivity index (χ1) is 15.2. The third-order valence-electron chi connectivity index (χ3n) is 4.20. The summed E-state index contributed by atoms with van der Waals surface area (Å²) in [6, 6.07) is 17.8. The number of benzene rings is 2. The maximum atomic E-state index is 12.3. The maximum Gasteiger partial charge on any atom is 0.273 e. The van der Waals surface area contributed by atoms with E-state index in [1.165, 1.54) is 17.4 Å². The molecule has 0 atom stereocenters. The van der Waals surface area contributed by atoms with Crippen molar-refractivity contribution in [3.63, 3.8) is 0 Å². The van der Waals surface area contributed by atoms with Crippen LogP contribution in [0.1, 0.15) is 16.2 Å². The van der Waals surface area contributed by atoms with Gasteiger partial charge in [0, 0.05) is 28.8 Å². The Balaban J connectivity index is 1.28. The molecule has 4 aromatic rings. The van der Waals surface area contributed by atoms with Gasteiger partial charge in [-0.2, -0.15) is 0 Å². The lowest BCUT2D eigenvalue weighted by Gasteiger charge is -2.09. The van der Waals surface area contributed by atoms with Crippen LogP contribution in [0.2, 0.25) is 0 Å². The van der Waals surface area contributed by atoms with Gasteiger partial charge in [0.25, 0.3) is 5.91 Å². The molecule has 0 aliphatic heterocycles. The van der Waals surface area contributed by atoms with Crippen LogP contribution in [0.4, 0.5) is 5.69 Å². The van der Waals surface area contributed by atoms with Crippen molar-refractivity contribution in [1.82, 2.24) is 15.5 Å². The van der Waals surface area contributed by atoms with E-state index in [4.69, 9.17) is 9.26 Å². The van der Waals surface area contributed by atoms with Crippen LogP contribution in [0.5, 0.6) is 5.75 Å². The normalized spacial score (nSPS) is 10.5. The molecule has 2 aromatic heterocycles. The number of anilines is 1. The molecule has 2 N–H and O–H groups in total. The zero-order chi connectivity index (χ0) is 21.5. The molecule has 0 saturated heterocycles. The average molecular weight is 434 g/mol. The highest BCUT2D eigenvalue weighted by atomic mass is 32.1. The number of carbonyl (C=O) groups is 2. The second kappa shape index (κ2) is 9.68. The van der Waals surface area contributed by atoms with Gasteiger partial charge in [0.1, 0.15) is 12.4 Å². The average Bonchev–Trinajstić information content (AvgIpc) is 3.49. The van der Waals surface area contributed by atoms with Crippen molar-refractivity contribution < 1.29 is 18.8 Å². The molecular formula is C22H18N4O4S. The summed E-state index contributed by atoms with van der Waals surface area (Å²) in [7, 11) is 0. The molecule has 0 fully saturated rings. The summed E-state index contributed by atoms with van der Waals surface area (Å²) < 4.78 is 10.9. The monoisotopic (exact) mass is 434 g/mol. The van der Waals surface area contributed by atoms with Gasteiger partial charge >= 0.3 is 0 Å². The molecule has 2 aromatic carbocycles. The second-order valence-corrected chi connectivity index (χ2v) is 7.19. The van der Waals surface area contributed by atoms with Gasteiger partial charge in [-0.15, -0.1) is 11.3 Å². The van der Waals surface area contributed by atoms with E-state index in [2.05, 4.69) is 20.8 Å². The van der Waals surface area contributed by atoms with Crippen molar-refractivity contribution >= 4 is 28.8 Å². The fourth-order valence-electron chi connectivity index (χ4n) is 2.71. The molecule has 0 aliphatic rings. The Labute approximate surface area is 181 Å². The molecule has 0 radical (unpaired) electrons. The lowest BCUT2D eigenvalue weighted by Crippen LogP contribution is -2.33. The van der Waals surface area contributed by atoms with E-state index in [1.807, 2.05) is 35.7 Å². The SMILES string of the molecule is O=C(CNC(=O)c1cc(-c2ccccc2)on1)Nc1cccc(OCc2cscn2)c1. The smallest absolute Gasteiger partial charge is 0.273 e. The van der Waals surface area contributed by atoms with E-state index >= 15 is 0 Å². The number of thiazole rings is 1. The first kappa shape index (κ1) is 20.3. The predicted octanol–water partition coefficient (Wildman–Crippen LogP) is 3.75. The number of rotatable bonds is 8. The van der Waals surface area contributed by atoms with E-state index < -0.39 is 5.91 Å². The molecule has 2 amide bonds. The van der Waals surface area contributed by atoms with E-state index in [0.717, 1.165) is 11.3 Å².